The average Bonchev–Trinajstić information content (AvgIpc) is 2.62. The van der Waals surface area contributed by atoms with Gasteiger partial charge in [-0.15, -0.1) is 6.58 Å². The lowest BCUT2D eigenvalue weighted by Gasteiger charge is -2.22. The molecule has 0 saturated carbocycles. The third kappa shape index (κ3) is 0.992. The predicted molar refractivity (Wildman–Crippen MR) is 68.5 cm³/mol. The number of hydrogen-bond acceptors (Lipinski definition) is 0. The molecule has 0 nitrogen and oxygen atoms in total. The van der Waals surface area contributed by atoms with Crippen molar-refractivity contribution in [2.75, 3.05) is 0 Å². The van der Waals surface area contributed by atoms with Crippen molar-refractivity contribution in [1.82, 2.24) is 0 Å². The first-order chi connectivity index (χ1) is 7.77. The zero-order valence-corrected chi connectivity index (χ0v) is 9.40. The molecule has 0 heterocycles. The van der Waals surface area contributed by atoms with Gasteiger partial charge in [0.05, 0.1) is 0 Å². The lowest BCUT2D eigenvalue weighted by molar-refractivity contribution is 0.749. The molecular weight excluding hydrogens is 192 g/mol. The van der Waals surface area contributed by atoms with Crippen LogP contribution in [0.2, 0.25) is 0 Å². The predicted octanol–water partition coefficient (Wildman–Crippen LogP) is 4.16. The van der Waals surface area contributed by atoms with Crippen molar-refractivity contribution in [3.05, 3.63) is 72.3 Å². The van der Waals surface area contributed by atoms with E-state index in [2.05, 4.69) is 68.1 Å². The summed E-state index contributed by atoms with van der Waals surface area (Å²) in [4.78, 5) is 0. The van der Waals surface area contributed by atoms with Crippen molar-refractivity contribution < 1.29 is 0 Å². The maximum atomic E-state index is 4.01. The molecule has 1 aliphatic carbocycles. The van der Waals surface area contributed by atoms with Crippen LogP contribution < -0.4 is 0 Å². The molecular formula is C16H14. The van der Waals surface area contributed by atoms with Crippen molar-refractivity contribution in [3.8, 4) is 11.1 Å². The lowest BCUT2D eigenvalue weighted by Crippen LogP contribution is -2.16. The average molecular weight is 206 g/mol. The molecule has 2 aromatic rings. The second kappa shape index (κ2) is 3.08. The molecule has 0 saturated heterocycles. The van der Waals surface area contributed by atoms with E-state index in [0.29, 0.717) is 0 Å². The normalized spacial score (nSPS) is 15.3. The third-order valence-electron chi connectivity index (χ3n) is 3.67. The SMILES string of the molecule is C=CC1(C)c2ccccc2-c2ccccc21. The summed E-state index contributed by atoms with van der Waals surface area (Å²) in [6.07, 6.45) is 2.05. The van der Waals surface area contributed by atoms with E-state index in [-0.39, 0.29) is 5.41 Å². The van der Waals surface area contributed by atoms with Gasteiger partial charge in [0, 0.05) is 5.41 Å². The summed E-state index contributed by atoms with van der Waals surface area (Å²) in [5.41, 5.74) is 5.39. The lowest BCUT2D eigenvalue weighted by atomic mass is 9.80. The summed E-state index contributed by atoms with van der Waals surface area (Å²) in [6, 6.07) is 17.2. The van der Waals surface area contributed by atoms with Gasteiger partial charge in [-0.25, -0.2) is 0 Å². The van der Waals surface area contributed by atoms with Crippen LogP contribution in [0.15, 0.2) is 61.2 Å². The molecule has 0 heteroatoms. The van der Waals surface area contributed by atoms with Crippen LogP contribution in [0.1, 0.15) is 18.1 Å². The van der Waals surface area contributed by atoms with Crippen LogP contribution in [-0.2, 0) is 5.41 Å². The van der Waals surface area contributed by atoms with Crippen molar-refractivity contribution in [2.24, 2.45) is 0 Å². The minimum atomic E-state index is -0.0345. The topological polar surface area (TPSA) is 0 Å². The fourth-order valence-corrected chi connectivity index (χ4v) is 2.71. The van der Waals surface area contributed by atoms with Crippen LogP contribution >= 0.6 is 0 Å². The largest absolute Gasteiger partial charge is 0.102 e. The van der Waals surface area contributed by atoms with E-state index in [1.807, 2.05) is 0 Å². The van der Waals surface area contributed by atoms with Crippen molar-refractivity contribution in [2.45, 2.75) is 12.3 Å². The molecule has 0 amide bonds. The van der Waals surface area contributed by atoms with Crippen LogP contribution in [0, 0.1) is 0 Å². The molecule has 1 aliphatic rings. The van der Waals surface area contributed by atoms with E-state index in [1.54, 1.807) is 0 Å². The quantitative estimate of drug-likeness (QED) is 0.615. The molecule has 0 radical (unpaired) electrons. The molecule has 16 heavy (non-hydrogen) atoms. The fraction of sp³-hybridized carbons (Fsp3) is 0.125. The van der Waals surface area contributed by atoms with Gasteiger partial charge in [0.2, 0.25) is 0 Å². The van der Waals surface area contributed by atoms with Crippen LogP contribution in [0.25, 0.3) is 11.1 Å². The highest BCUT2D eigenvalue weighted by atomic mass is 14.4. The maximum Gasteiger partial charge on any atom is 0.0363 e. The van der Waals surface area contributed by atoms with Crippen molar-refractivity contribution in [3.63, 3.8) is 0 Å². The maximum absolute atomic E-state index is 4.01. The molecule has 0 bridgehead atoms. The molecule has 2 aromatic carbocycles. The van der Waals surface area contributed by atoms with E-state index in [0.717, 1.165) is 0 Å². The Kier molecular flexibility index (Phi) is 1.81. The van der Waals surface area contributed by atoms with Gasteiger partial charge in [-0.1, -0.05) is 54.6 Å². The number of rotatable bonds is 1. The van der Waals surface area contributed by atoms with Gasteiger partial charge < -0.3 is 0 Å². The smallest absolute Gasteiger partial charge is 0.0363 e. The van der Waals surface area contributed by atoms with Crippen LogP contribution in [-0.4, -0.2) is 0 Å². The second-order valence-electron chi connectivity index (χ2n) is 4.50. The Morgan fingerprint density at radius 3 is 1.75 bits per heavy atom. The Hall–Kier alpha value is -1.82. The molecule has 0 atom stereocenters. The van der Waals surface area contributed by atoms with Crippen molar-refractivity contribution >= 4 is 0 Å². The van der Waals surface area contributed by atoms with E-state index in [4.69, 9.17) is 0 Å². The monoisotopic (exact) mass is 206 g/mol. The van der Waals surface area contributed by atoms with Gasteiger partial charge in [-0.05, 0) is 29.2 Å². The van der Waals surface area contributed by atoms with E-state index >= 15 is 0 Å². The molecule has 3 rings (SSSR count). The molecule has 0 N–H and O–H groups in total. The third-order valence-corrected chi connectivity index (χ3v) is 3.67. The number of hydrogen-bond donors (Lipinski definition) is 0. The summed E-state index contributed by atoms with van der Waals surface area (Å²) < 4.78 is 0. The first-order valence-corrected chi connectivity index (χ1v) is 5.60. The van der Waals surface area contributed by atoms with E-state index in [1.165, 1.54) is 22.3 Å². The minimum absolute atomic E-state index is 0.0345. The number of fused-ring (bicyclic) bond motifs is 3. The molecule has 78 valence electrons. The van der Waals surface area contributed by atoms with E-state index in [9.17, 15) is 0 Å². The van der Waals surface area contributed by atoms with Crippen LogP contribution in [0.3, 0.4) is 0 Å². The van der Waals surface area contributed by atoms with E-state index < -0.39 is 0 Å². The number of allylic oxidation sites excluding steroid dienone is 1. The summed E-state index contributed by atoms with van der Waals surface area (Å²) in [5.74, 6) is 0. The Morgan fingerprint density at radius 1 is 0.875 bits per heavy atom. The van der Waals surface area contributed by atoms with Crippen LogP contribution in [0.4, 0.5) is 0 Å². The Labute approximate surface area is 96.3 Å². The molecule has 0 fully saturated rings. The molecule has 0 aromatic heterocycles. The first kappa shape index (κ1) is 9.41. The van der Waals surface area contributed by atoms with Crippen molar-refractivity contribution in [1.29, 1.82) is 0 Å². The van der Waals surface area contributed by atoms with Crippen LogP contribution in [0.5, 0.6) is 0 Å². The Balaban J connectivity index is 2.43. The van der Waals surface area contributed by atoms with Gasteiger partial charge in [-0.3, -0.25) is 0 Å². The summed E-state index contributed by atoms with van der Waals surface area (Å²) in [5, 5.41) is 0. The summed E-state index contributed by atoms with van der Waals surface area (Å²) in [6.45, 7) is 6.25. The fourth-order valence-electron chi connectivity index (χ4n) is 2.71. The zero-order valence-electron chi connectivity index (χ0n) is 9.40. The van der Waals surface area contributed by atoms with Gasteiger partial charge in [0.1, 0.15) is 0 Å². The summed E-state index contributed by atoms with van der Waals surface area (Å²) >= 11 is 0. The molecule has 0 aliphatic heterocycles. The Bertz CT molecular complexity index is 518. The minimum Gasteiger partial charge on any atom is -0.102 e. The molecule has 0 unspecified atom stereocenters. The summed E-state index contributed by atoms with van der Waals surface area (Å²) in [7, 11) is 0. The molecule has 0 spiro atoms. The van der Waals surface area contributed by atoms with Gasteiger partial charge in [0.25, 0.3) is 0 Å². The van der Waals surface area contributed by atoms with Gasteiger partial charge in [0.15, 0.2) is 0 Å². The highest BCUT2D eigenvalue weighted by Gasteiger charge is 2.35. The standard InChI is InChI=1S/C16H14/c1-3-16(2)14-10-6-4-8-12(14)13-9-5-7-11-15(13)16/h3-11H,1H2,2H3. The zero-order chi connectivity index (χ0) is 11.2. The highest BCUT2D eigenvalue weighted by molar-refractivity contribution is 5.81. The second-order valence-corrected chi connectivity index (χ2v) is 4.50. The first-order valence-electron chi connectivity index (χ1n) is 5.60. The van der Waals surface area contributed by atoms with Gasteiger partial charge >= 0.3 is 0 Å². The number of benzene rings is 2. The Morgan fingerprint density at radius 2 is 1.31 bits per heavy atom. The van der Waals surface area contributed by atoms with Gasteiger partial charge in [-0.2, -0.15) is 0 Å². The highest BCUT2D eigenvalue weighted by Crippen LogP contribution is 2.48.